The van der Waals surface area contributed by atoms with Crippen LogP contribution in [0.25, 0.3) is 6.08 Å². The van der Waals surface area contributed by atoms with Crippen molar-refractivity contribution in [3.63, 3.8) is 0 Å². The lowest BCUT2D eigenvalue weighted by Gasteiger charge is -2.26. The molecule has 0 aliphatic heterocycles. The Labute approximate surface area is 126 Å². The van der Waals surface area contributed by atoms with Gasteiger partial charge in [-0.15, -0.1) is 0 Å². The first-order valence-corrected chi connectivity index (χ1v) is 7.19. The van der Waals surface area contributed by atoms with Crippen LogP contribution in [0, 0.1) is 11.7 Å². The molecule has 3 nitrogen and oxygen atoms in total. The number of hydrogen-bond acceptors (Lipinski definition) is 2. The zero-order valence-electron chi connectivity index (χ0n) is 13.1. The van der Waals surface area contributed by atoms with Crippen LogP contribution in [0.2, 0.25) is 0 Å². The summed E-state index contributed by atoms with van der Waals surface area (Å²) in [5.41, 5.74) is 1.54. The number of carbonyl (C=O) groups is 1. The Morgan fingerprint density at radius 2 is 2.05 bits per heavy atom. The second kappa shape index (κ2) is 7.93. The second-order valence-electron chi connectivity index (χ2n) is 5.91. The number of nitrogens with zero attached hydrogens (tertiary/aromatic N) is 1. The largest absolute Gasteiger partial charge is 0.478 e. The fourth-order valence-electron chi connectivity index (χ4n) is 2.31. The van der Waals surface area contributed by atoms with E-state index in [0.717, 1.165) is 18.1 Å². The molecule has 0 fully saturated rings. The summed E-state index contributed by atoms with van der Waals surface area (Å²) in [7, 11) is 2.03. The van der Waals surface area contributed by atoms with Crippen molar-refractivity contribution in [1.29, 1.82) is 0 Å². The Kier molecular flexibility index (Phi) is 6.56. The van der Waals surface area contributed by atoms with Gasteiger partial charge in [0.05, 0.1) is 0 Å². The van der Waals surface area contributed by atoms with E-state index < -0.39 is 5.97 Å². The van der Waals surface area contributed by atoms with Crippen LogP contribution in [0.4, 0.5) is 4.39 Å². The van der Waals surface area contributed by atoms with Crippen molar-refractivity contribution in [2.24, 2.45) is 5.92 Å². The average molecular weight is 293 g/mol. The van der Waals surface area contributed by atoms with E-state index in [9.17, 15) is 9.18 Å². The van der Waals surface area contributed by atoms with Crippen molar-refractivity contribution in [2.75, 3.05) is 7.05 Å². The summed E-state index contributed by atoms with van der Waals surface area (Å²) in [6.45, 7) is 7.19. The maximum atomic E-state index is 13.3. The standard InChI is InChI=1S/C17H24FNO2/c1-12(2)9-13(3)19(4)11-15-5-7-16(18)10-14(15)6-8-17(20)21/h5-8,10,12-13H,9,11H2,1-4H3,(H,20,21). The van der Waals surface area contributed by atoms with Crippen LogP contribution in [0.5, 0.6) is 0 Å². The first-order valence-electron chi connectivity index (χ1n) is 7.19. The molecule has 1 N–H and O–H groups in total. The Morgan fingerprint density at radius 1 is 1.38 bits per heavy atom. The van der Waals surface area contributed by atoms with Gasteiger partial charge in [0.25, 0.3) is 0 Å². The van der Waals surface area contributed by atoms with Gasteiger partial charge in [0.1, 0.15) is 5.82 Å². The summed E-state index contributed by atoms with van der Waals surface area (Å²) in [4.78, 5) is 12.8. The Bertz CT molecular complexity index is 512. The summed E-state index contributed by atoms with van der Waals surface area (Å²) < 4.78 is 13.3. The highest BCUT2D eigenvalue weighted by Crippen LogP contribution is 2.18. The maximum absolute atomic E-state index is 13.3. The molecule has 1 aromatic rings. The molecule has 0 saturated carbocycles. The number of halogens is 1. The number of carboxylic acid groups (broad SMARTS) is 1. The predicted molar refractivity (Wildman–Crippen MR) is 83.5 cm³/mol. The van der Waals surface area contributed by atoms with E-state index in [-0.39, 0.29) is 5.82 Å². The third kappa shape index (κ3) is 6.08. The van der Waals surface area contributed by atoms with Gasteiger partial charge >= 0.3 is 5.97 Å². The van der Waals surface area contributed by atoms with Crippen molar-refractivity contribution >= 4 is 12.0 Å². The highest BCUT2D eigenvalue weighted by Gasteiger charge is 2.13. The van der Waals surface area contributed by atoms with Gasteiger partial charge in [-0.05, 0) is 55.6 Å². The molecule has 0 spiro atoms. The molecule has 1 rings (SSSR count). The zero-order chi connectivity index (χ0) is 16.0. The van der Waals surface area contributed by atoms with E-state index in [1.54, 1.807) is 6.07 Å². The van der Waals surface area contributed by atoms with Gasteiger partial charge in [0.15, 0.2) is 0 Å². The average Bonchev–Trinajstić information content (AvgIpc) is 2.37. The van der Waals surface area contributed by atoms with Gasteiger partial charge in [-0.25, -0.2) is 9.18 Å². The highest BCUT2D eigenvalue weighted by molar-refractivity contribution is 5.85. The molecule has 4 heteroatoms. The molecule has 0 aromatic heterocycles. The molecule has 0 amide bonds. The van der Waals surface area contributed by atoms with Crippen molar-refractivity contribution in [1.82, 2.24) is 4.90 Å². The van der Waals surface area contributed by atoms with Crippen molar-refractivity contribution in [3.05, 3.63) is 41.2 Å². The fraction of sp³-hybridized carbons (Fsp3) is 0.471. The van der Waals surface area contributed by atoms with Gasteiger partial charge in [-0.3, -0.25) is 4.90 Å². The third-order valence-electron chi connectivity index (χ3n) is 3.50. The van der Waals surface area contributed by atoms with E-state index in [4.69, 9.17) is 5.11 Å². The topological polar surface area (TPSA) is 40.5 Å². The van der Waals surface area contributed by atoms with Crippen LogP contribution in [0.1, 0.15) is 38.3 Å². The number of hydrogen-bond donors (Lipinski definition) is 1. The normalized spacial score (nSPS) is 13.3. The Balaban J connectivity index is 2.89. The zero-order valence-corrected chi connectivity index (χ0v) is 13.1. The molecule has 0 aliphatic rings. The third-order valence-corrected chi connectivity index (χ3v) is 3.50. The molecule has 116 valence electrons. The second-order valence-corrected chi connectivity index (χ2v) is 5.91. The van der Waals surface area contributed by atoms with Crippen molar-refractivity contribution < 1.29 is 14.3 Å². The van der Waals surface area contributed by atoms with Gasteiger partial charge in [0.2, 0.25) is 0 Å². The number of rotatable bonds is 7. The minimum absolute atomic E-state index is 0.360. The highest BCUT2D eigenvalue weighted by atomic mass is 19.1. The van der Waals surface area contributed by atoms with Gasteiger partial charge in [-0.1, -0.05) is 19.9 Å². The molecular formula is C17H24FNO2. The number of carboxylic acids is 1. The molecular weight excluding hydrogens is 269 g/mol. The summed E-state index contributed by atoms with van der Waals surface area (Å²) in [5.74, 6) is -0.782. The summed E-state index contributed by atoms with van der Waals surface area (Å²) >= 11 is 0. The first-order chi connectivity index (χ1) is 9.79. The molecule has 0 bridgehead atoms. The molecule has 0 heterocycles. The number of aliphatic carboxylic acids is 1. The van der Waals surface area contributed by atoms with E-state index in [1.807, 2.05) is 7.05 Å². The molecule has 1 atom stereocenters. The minimum atomic E-state index is -1.04. The van der Waals surface area contributed by atoms with Crippen molar-refractivity contribution in [3.8, 4) is 0 Å². The first kappa shape index (κ1) is 17.4. The van der Waals surface area contributed by atoms with Crippen molar-refractivity contribution in [2.45, 2.75) is 39.8 Å². The Morgan fingerprint density at radius 3 is 2.62 bits per heavy atom. The van der Waals surface area contributed by atoms with Crippen LogP contribution in [0.15, 0.2) is 24.3 Å². The lowest BCUT2D eigenvalue weighted by Crippen LogP contribution is -2.30. The quantitative estimate of drug-likeness (QED) is 0.778. The molecule has 1 unspecified atom stereocenters. The summed E-state index contributed by atoms with van der Waals surface area (Å²) in [6, 6.07) is 4.91. The fourth-order valence-corrected chi connectivity index (χ4v) is 2.31. The predicted octanol–water partition coefficient (Wildman–Crippen LogP) is 3.79. The van der Waals surface area contributed by atoms with Crippen LogP contribution in [0.3, 0.4) is 0 Å². The number of benzene rings is 1. The monoisotopic (exact) mass is 293 g/mol. The molecule has 0 saturated heterocycles. The minimum Gasteiger partial charge on any atom is -0.478 e. The molecule has 21 heavy (non-hydrogen) atoms. The SMILES string of the molecule is CC(C)CC(C)N(C)Cc1ccc(F)cc1C=CC(=O)O. The van der Waals surface area contributed by atoms with E-state index in [1.165, 1.54) is 18.2 Å². The van der Waals surface area contributed by atoms with Crippen LogP contribution in [-0.2, 0) is 11.3 Å². The van der Waals surface area contributed by atoms with Crippen LogP contribution >= 0.6 is 0 Å². The summed E-state index contributed by atoms with van der Waals surface area (Å²) in [5, 5.41) is 8.71. The lowest BCUT2D eigenvalue weighted by molar-refractivity contribution is -0.131. The van der Waals surface area contributed by atoms with E-state index in [2.05, 4.69) is 25.7 Å². The van der Waals surface area contributed by atoms with Gasteiger partial charge in [0, 0.05) is 18.7 Å². The van der Waals surface area contributed by atoms with Crippen LogP contribution < -0.4 is 0 Å². The smallest absolute Gasteiger partial charge is 0.328 e. The summed E-state index contributed by atoms with van der Waals surface area (Å²) in [6.07, 6.45) is 3.56. The molecule has 0 radical (unpaired) electrons. The maximum Gasteiger partial charge on any atom is 0.328 e. The molecule has 1 aromatic carbocycles. The van der Waals surface area contributed by atoms with Gasteiger partial charge < -0.3 is 5.11 Å². The molecule has 0 aliphatic carbocycles. The lowest BCUT2D eigenvalue weighted by atomic mass is 10.0. The van der Waals surface area contributed by atoms with E-state index >= 15 is 0 Å². The van der Waals surface area contributed by atoms with Gasteiger partial charge in [-0.2, -0.15) is 0 Å². The van der Waals surface area contributed by atoms with E-state index in [0.29, 0.717) is 24.1 Å². The Hall–Kier alpha value is -1.68. The van der Waals surface area contributed by atoms with Crippen LogP contribution in [-0.4, -0.2) is 29.1 Å².